The van der Waals surface area contributed by atoms with Crippen molar-refractivity contribution in [3.8, 4) is 0 Å². The van der Waals surface area contributed by atoms with Crippen LogP contribution in [0.4, 0.5) is 0 Å². The second-order valence-electron chi connectivity index (χ2n) is 7.54. The lowest BCUT2D eigenvalue weighted by atomic mass is 9.68. The van der Waals surface area contributed by atoms with Gasteiger partial charge in [0.2, 0.25) is 0 Å². The third-order valence-electron chi connectivity index (χ3n) is 5.56. The Kier molecular flexibility index (Phi) is 8.08. The zero-order valence-electron chi connectivity index (χ0n) is 15.5. The summed E-state index contributed by atoms with van der Waals surface area (Å²) >= 11 is 4.57. The molecule has 0 aromatic carbocycles. The Hall–Kier alpha value is 0.180. The smallest absolute Gasteiger partial charge is 0.112 e. The molecule has 0 amide bonds. The first-order chi connectivity index (χ1) is 11.8. The van der Waals surface area contributed by atoms with E-state index in [-0.39, 0.29) is 11.8 Å². The van der Waals surface area contributed by atoms with Crippen molar-refractivity contribution < 1.29 is 10.2 Å². The van der Waals surface area contributed by atoms with Gasteiger partial charge in [-0.05, 0) is 102 Å². The van der Waals surface area contributed by atoms with Crippen LogP contribution in [0.5, 0.6) is 0 Å². The van der Waals surface area contributed by atoms with Crippen LogP contribution in [0.25, 0.3) is 0 Å². The summed E-state index contributed by atoms with van der Waals surface area (Å²) in [6.07, 6.45) is 8.17. The van der Waals surface area contributed by atoms with Crippen molar-refractivity contribution in [3.63, 3.8) is 0 Å². The van der Waals surface area contributed by atoms with Crippen LogP contribution >= 0.6 is 45.2 Å². The van der Waals surface area contributed by atoms with E-state index in [2.05, 4.69) is 78.6 Å². The Morgan fingerprint density at radius 2 is 2.00 bits per heavy atom. The van der Waals surface area contributed by atoms with Crippen LogP contribution in [-0.4, -0.2) is 16.3 Å². The normalized spacial score (nSPS) is 30.6. The van der Waals surface area contributed by atoms with Gasteiger partial charge in [0.15, 0.2) is 0 Å². The summed E-state index contributed by atoms with van der Waals surface area (Å²) in [5.41, 5.74) is 3.64. The van der Waals surface area contributed by atoms with E-state index >= 15 is 0 Å². The number of allylic oxidation sites excluding steroid dienone is 5. The molecule has 2 nitrogen and oxygen atoms in total. The standard InChI is InChI=1S/C21H30I2O2/c1-5-6-7-8-15-18(22)20(24)17(21(25)19(15)23)16-11-13(4)9-10-14(16)12(2)3/h11,14,16-17,20,24-25H,2,5-10H2,1,3-4H3/t14-,16+,17?,20?/m0/s1. The van der Waals surface area contributed by atoms with Crippen LogP contribution in [0.2, 0.25) is 0 Å². The quantitative estimate of drug-likeness (QED) is 0.206. The average molecular weight is 568 g/mol. The predicted molar refractivity (Wildman–Crippen MR) is 123 cm³/mol. The van der Waals surface area contributed by atoms with Crippen LogP contribution in [0, 0.1) is 17.8 Å². The number of hydrogen-bond donors (Lipinski definition) is 2. The molecule has 0 aliphatic heterocycles. The topological polar surface area (TPSA) is 40.5 Å². The number of aliphatic hydroxyl groups is 2. The van der Waals surface area contributed by atoms with Gasteiger partial charge in [-0.15, -0.1) is 0 Å². The lowest BCUT2D eigenvalue weighted by Crippen LogP contribution is -2.38. The minimum absolute atomic E-state index is 0.118. The van der Waals surface area contributed by atoms with Crippen LogP contribution < -0.4 is 0 Å². The highest BCUT2D eigenvalue weighted by atomic mass is 127. The number of rotatable bonds is 6. The van der Waals surface area contributed by atoms with Crippen LogP contribution in [0.1, 0.15) is 59.3 Å². The summed E-state index contributed by atoms with van der Waals surface area (Å²) in [6.45, 7) is 10.6. The van der Waals surface area contributed by atoms with Crippen molar-refractivity contribution in [1.29, 1.82) is 0 Å². The molecule has 2 rings (SSSR count). The maximum absolute atomic E-state index is 11.1. The summed E-state index contributed by atoms with van der Waals surface area (Å²) in [5.74, 6) is 0.557. The first-order valence-electron chi connectivity index (χ1n) is 9.27. The van der Waals surface area contributed by atoms with Gasteiger partial charge >= 0.3 is 0 Å². The highest BCUT2D eigenvalue weighted by molar-refractivity contribution is 14.1. The maximum atomic E-state index is 11.1. The molecule has 2 unspecified atom stereocenters. The molecule has 4 heteroatoms. The van der Waals surface area contributed by atoms with Gasteiger partial charge in [-0.1, -0.05) is 43.6 Å². The Morgan fingerprint density at radius 3 is 2.60 bits per heavy atom. The molecule has 0 fully saturated rings. The van der Waals surface area contributed by atoms with E-state index in [1.807, 2.05) is 0 Å². The highest BCUT2D eigenvalue weighted by Gasteiger charge is 2.42. The molecular weight excluding hydrogens is 538 g/mol. The summed E-state index contributed by atoms with van der Waals surface area (Å²) in [5, 5.41) is 22.1. The molecule has 0 bridgehead atoms. The number of unbranched alkanes of at least 4 members (excludes halogenated alkanes) is 2. The Balaban J connectivity index is 2.37. The van der Waals surface area contributed by atoms with E-state index in [1.165, 1.54) is 18.4 Å². The SMILES string of the molecule is C=C(C)[C@@H]1CCC(C)=C[C@H]1C1C(O)=C(I)C(CCCCC)=C(I)C1O. The third-order valence-corrected chi connectivity index (χ3v) is 8.06. The van der Waals surface area contributed by atoms with E-state index < -0.39 is 6.10 Å². The molecule has 140 valence electrons. The molecule has 25 heavy (non-hydrogen) atoms. The fraction of sp³-hybridized carbons (Fsp3) is 0.619. The minimum Gasteiger partial charge on any atom is -0.511 e. The van der Waals surface area contributed by atoms with E-state index in [0.717, 1.165) is 44.0 Å². The number of halogens is 2. The number of aliphatic hydroxyl groups excluding tert-OH is 2. The van der Waals surface area contributed by atoms with Crippen molar-refractivity contribution >= 4 is 45.2 Å². The molecule has 0 saturated heterocycles. The van der Waals surface area contributed by atoms with Gasteiger partial charge in [0.1, 0.15) is 5.76 Å². The average Bonchev–Trinajstić information content (AvgIpc) is 2.56. The fourth-order valence-electron chi connectivity index (χ4n) is 4.10. The summed E-state index contributed by atoms with van der Waals surface area (Å²) in [4.78, 5) is 0. The van der Waals surface area contributed by atoms with E-state index in [0.29, 0.717) is 11.7 Å². The van der Waals surface area contributed by atoms with Crippen LogP contribution in [0.15, 0.2) is 42.3 Å². The summed E-state index contributed by atoms with van der Waals surface area (Å²) in [7, 11) is 0. The lowest BCUT2D eigenvalue weighted by Gasteiger charge is -2.40. The van der Waals surface area contributed by atoms with Gasteiger partial charge in [0.05, 0.1) is 15.6 Å². The molecule has 2 N–H and O–H groups in total. The summed E-state index contributed by atoms with van der Waals surface area (Å²) < 4.78 is 1.96. The largest absolute Gasteiger partial charge is 0.511 e. The van der Waals surface area contributed by atoms with E-state index in [4.69, 9.17) is 0 Å². The molecule has 4 atom stereocenters. The molecule has 0 aromatic heterocycles. The second kappa shape index (κ2) is 9.40. The summed E-state index contributed by atoms with van der Waals surface area (Å²) in [6, 6.07) is 0. The maximum Gasteiger partial charge on any atom is 0.112 e. The van der Waals surface area contributed by atoms with Gasteiger partial charge in [0.25, 0.3) is 0 Å². The highest BCUT2D eigenvalue weighted by Crippen LogP contribution is 2.49. The molecule has 2 aliphatic carbocycles. The van der Waals surface area contributed by atoms with Crippen molar-refractivity contribution in [1.82, 2.24) is 0 Å². The molecule has 2 aliphatic rings. The molecular formula is C21H30I2O2. The predicted octanol–water partition coefficient (Wildman–Crippen LogP) is 7.00. The van der Waals surface area contributed by atoms with Gasteiger partial charge in [-0.25, -0.2) is 0 Å². The number of hydrogen-bond acceptors (Lipinski definition) is 2. The Bertz CT molecular complexity index is 615. The lowest BCUT2D eigenvalue weighted by molar-refractivity contribution is 0.0917. The fourth-order valence-corrected chi connectivity index (χ4v) is 6.46. The first-order valence-corrected chi connectivity index (χ1v) is 11.4. The van der Waals surface area contributed by atoms with Gasteiger partial charge in [-0.2, -0.15) is 0 Å². The van der Waals surface area contributed by atoms with E-state index in [1.54, 1.807) is 0 Å². The second-order valence-corrected chi connectivity index (χ2v) is 9.78. The molecule has 0 aromatic rings. The zero-order valence-corrected chi connectivity index (χ0v) is 19.8. The first kappa shape index (κ1) is 21.5. The zero-order chi connectivity index (χ0) is 18.7. The van der Waals surface area contributed by atoms with Crippen molar-refractivity contribution in [2.75, 3.05) is 0 Å². The monoisotopic (exact) mass is 568 g/mol. The Labute approximate surface area is 179 Å². The van der Waals surface area contributed by atoms with Gasteiger partial charge in [0, 0.05) is 3.58 Å². The molecule has 0 spiro atoms. The molecule has 0 radical (unpaired) electrons. The van der Waals surface area contributed by atoms with Gasteiger partial charge < -0.3 is 10.2 Å². The molecule has 0 saturated carbocycles. The van der Waals surface area contributed by atoms with Crippen LogP contribution in [0.3, 0.4) is 0 Å². The van der Waals surface area contributed by atoms with Gasteiger partial charge in [-0.3, -0.25) is 0 Å². The van der Waals surface area contributed by atoms with Crippen LogP contribution in [-0.2, 0) is 0 Å². The van der Waals surface area contributed by atoms with Crippen molar-refractivity contribution in [2.45, 2.75) is 65.4 Å². The van der Waals surface area contributed by atoms with Crippen molar-refractivity contribution in [2.24, 2.45) is 17.8 Å². The van der Waals surface area contributed by atoms with Crippen molar-refractivity contribution in [3.05, 3.63) is 42.3 Å². The van der Waals surface area contributed by atoms with E-state index in [9.17, 15) is 10.2 Å². The molecule has 0 heterocycles. The minimum atomic E-state index is -0.621. The third kappa shape index (κ3) is 4.72. The Morgan fingerprint density at radius 1 is 1.32 bits per heavy atom.